The molecule has 2 N–H and O–H groups in total. The lowest BCUT2D eigenvalue weighted by atomic mass is 10.1. The van der Waals surface area contributed by atoms with Gasteiger partial charge in [0.05, 0.1) is 12.2 Å². The number of nitrogens with zero attached hydrogens (tertiary/aromatic N) is 1. The summed E-state index contributed by atoms with van der Waals surface area (Å²) in [5, 5.41) is 9.19. The molecule has 0 bridgehead atoms. The number of ketones is 1. The molecule has 176 valence electrons. The Morgan fingerprint density at radius 2 is 2.03 bits per heavy atom. The van der Waals surface area contributed by atoms with Crippen molar-refractivity contribution in [2.75, 3.05) is 13.2 Å². The summed E-state index contributed by atoms with van der Waals surface area (Å²) in [5.41, 5.74) is -1.41. The van der Waals surface area contributed by atoms with Gasteiger partial charge in [0.1, 0.15) is 6.61 Å². The van der Waals surface area contributed by atoms with Crippen LogP contribution in [-0.2, 0) is 19.0 Å². The van der Waals surface area contributed by atoms with Crippen molar-refractivity contribution in [1.82, 2.24) is 9.55 Å². The maximum absolute atomic E-state index is 11.6. The highest BCUT2D eigenvalue weighted by Gasteiger charge is 2.34. The predicted molar refractivity (Wildman–Crippen MR) is 120 cm³/mol. The van der Waals surface area contributed by atoms with E-state index in [1.165, 1.54) is 29.0 Å². The molecule has 34 heavy (non-hydrogen) atoms. The third-order valence-electron chi connectivity index (χ3n) is 4.82. The first-order valence-corrected chi connectivity index (χ1v) is 10.1. The molecule has 0 radical (unpaired) electrons. The van der Waals surface area contributed by atoms with Gasteiger partial charge in [-0.2, -0.15) is 0 Å². The number of aliphatic hydroxyl groups excluding tert-OH is 1. The van der Waals surface area contributed by atoms with Gasteiger partial charge in [0, 0.05) is 11.8 Å². The number of aromatic nitrogens is 2. The van der Waals surface area contributed by atoms with Crippen LogP contribution in [0.2, 0.25) is 0 Å². The van der Waals surface area contributed by atoms with Crippen molar-refractivity contribution in [2.45, 2.75) is 25.0 Å². The van der Waals surface area contributed by atoms with Crippen LogP contribution in [0.15, 0.2) is 70.4 Å². The number of nitrogens with one attached hydrogen (secondary N) is 1. The number of H-pyrrole nitrogens is 1. The molecule has 0 fully saturated rings. The number of aromatic amines is 1. The zero-order valence-corrected chi connectivity index (χ0v) is 18.2. The van der Waals surface area contributed by atoms with Crippen LogP contribution in [0.25, 0.3) is 0 Å². The summed E-state index contributed by atoms with van der Waals surface area (Å²) in [5.74, 6) is 1.73. The molecule has 0 unspecified atom stereocenters. The minimum Gasteiger partial charge on any atom is -0.428 e. The van der Waals surface area contributed by atoms with Crippen molar-refractivity contribution in [3.8, 4) is 12.3 Å². The molecule has 3 atom stereocenters. The first-order valence-electron chi connectivity index (χ1n) is 10.1. The summed E-state index contributed by atoms with van der Waals surface area (Å²) in [4.78, 5) is 47.4. The average molecular weight is 466 g/mol. The van der Waals surface area contributed by atoms with Gasteiger partial charge in [0.25, 0.3) is 5.56 Å². The lowest BCUT2D eigenvalue weighted by Gasteiger charge is -2.21. The number of esters is 1. The Labute approximate surface area is 194 Å². The standard InChI is InChI=1S/C12H12N2O4.C12H10O4/c1-3-12(7-15)5-4-9(18-12)14-6-8(2)10(16)13-11(14)17;13-10-6-7-11(15-8-10)16-12(14)9-4-2-1-3-5-9/h1,4-6,9,15H,7H2,2H3,(H,13,16,17);1-7,11H,8H2/t9-,12+;11-/m10/s1. The van der Waals surface area contributed by atoms with E-state index in [-0.39, 0.29) is 19.0 Å². The van der Waals surface area contributed by atoms with Crippen molar-refractivity contribution in [1.29, 1.82) is 0 Å². The topological polar surface area (TPSA) is 137 Å². The van der Waals surface area contributed by atoms with E-state index in [1.54, 1.807) is 37.3 Å². The molecule has 0 saturated carbocycles. The number of terminal acetylenes is 1. The van der Waals surface area contributed by atoms with Gasteiger partial charge in [0.2, 0.25) is 6.29 Å². The predicted octanol–water partition coefficient (Wildman–Crippen LogP) is 0.619. The molecule has 2 aliphatic rings. The summed E-state index contributed by atoms with van der Waals surface area (Å²) in [6.07, 6.45) is 11.0. The summed E-state index contributed by atoms with van der Waals surface area (Å²) >= 11 is 0. The lowest BCUT2D eigenvalue weighted by molar-refractivity contribution is -0.132. The number of aryl methyl sites for hydroxylation is 1. The minimum absolute atomic E-state index is 0.0523. The fraction of sp³-hybridized carbons (Fsp3) is 0.250. The van der Waals surface area contributed by atoms with E-state index >= 15 is 0 Å². The molecule has 10 nitrogen and oxygen atoms in total. The van der Waals surface area contributed by atoms with E-state index in [9.17, 15) is 24.3 Å². The number of rotatable bonds is 4. The van der Waals surface area contributed by atoms with Gasteiger partial charge >= 0.3 is 11.7 Å². The van der Waals surface area contributed by atoms with Crippen LogP contribution in [0.4, 0.5) is 0 Å². The Morgan fingerprint density at radius 3 is 2.62 bits per heavy atom. The molecular formula is C24H22N2O8. The Morgan fingerprint density at radius 1 is 1.29 bits per heavy atom. The smallest absolute Gasteiger partial charge is 0.340 e. The second-order valence-corrected chi connectivity index (χ2v) is 7.31. The first-order chi connectivity index (χ1) is 16.3. The molecule has 1 aromatic carbocycles. The summed E-state index contributed by atoms with van der Waals surface area (Å²) in [7, 11) is 0. The largest absolute Gasteiger partial charge is 0.428 e. The summed E-state index contributed by atoms with van der Waals surface area (Å²) in [6.45, 7) is 1.14. The number of aliphatic hydroxyl groups is 1. The van der Waals surface area contributed by atoms with E-state index in [0.29, 0.717) is 11.1 Å². The fourth-order valence-corrected chi connectivity index (χ4v) is 2.95. The van der Waals surface area contributed by atoms with Crippen LogP contribution in [0.3, 0.4) is 0 Å². The third kappa shape index (κ3) is 5.85. The van der Waals surface area contributed by atoms with E-state index in [2.05, 4.69) is 10.9 Å². The van der Waals surface area contributed by atoms with E-state index < -0.39 is 35.3 Å². The molecule has 2 aromatic rings. The van der Waals surface area contributed by atoms with Crippen LogP contribution >= 0.6 is 0 Å². The maximum atomic E-state index is 11.6. The van der Waals surface area contributed by atoms with E-state index in [1.807, 2.05) is 6.07 Å². The average Bonchev–Trinajstić information content (AvgIpc) is 3.29. The fourth-order valence-electron chi connectivity index (χ4n) is 2.95. The lowest BCUT2D eigenvalue weighted by Crippen LogP contribution is -2.36. The van der Waals surface area contributed by atoms with Crippen LogP contribution in [-0.4, -0.2) is 51.5 Å². The van der Waals surface area contributed by atoms with Gasteiger partial charge in [-0.3, -0.25) is 19.1 Å². The Hall–Kier alpha value is -4.04. The molecule has 0 spiro atoms. The third-order valence-corrected chi connectivity index (χ3v) is 4.82. The van der Waals surface area contributed by atoms with Crippen molar-refractivity contribution in [2.24, 2.45) is 0 Å². The van der Waals surface area contributed by atoms with E-state index in [4.69, 9.17) is 20.6 Å². The van der Waals surface area contributed by atoms with Gasteiger partial charge in [-0.25, -0.2) is 9.59 Å². The first kappa shape index (κ1) is 24.6. The van der Waals surface area contributed by atoms with Gasteiger partial charge in [-0.1, -0.05) is 24.1 Å². The number of carbonyl (C=O) groups excluding carboxylic acids is 2. The summed E-state index contributed by atoms with van der Waals surface area (Å²) in [6, 6.07) is 8.61. The molecular weight excluding hydrogens is 444 g/mol. The van der Waals surface area contributed by atoms with E-state index in [0.717, 1.165) is 0 Å². The van der Waals surface area contributed by atoms with Gasteiger partial charge in [0.15, 0.2) is 17.6 Å². The van der Waals surface area contributed by atoms with Crippen LogP contribution in [0.5, 0.6) is 0 Å². The van der Waals surface area contributed by atoms with Crippen molar-refractivity contribution < 1.29 is 28.9 Å². The summed E-state index contributed by atoms with van der Waals surface area (Å²) < 4.78 is 16.7. The zero-order valence-electron chi connectivity index (χ0n) is 18.2. The highest BCUT2D eigenvalue weighted by Crippen LogP contribution is 2.27. The zero-order chi connectivity index (χ0) is 24.7. The molecule has 2 aliphatic heterocycles. The minimum atomic E-state index is -1.21. The number of hydrogen-bond acceptors (Lipinski definition) is 8. The van der Waals surface area contributed by atoms with Crippen LogP contribution < -0.4 is 11.2 Å². The molecule has 10 heteroatoms. The quantitative estimate of drug-likeness (QED) is 0.380. The highest BCUT2D eigenvalue weighted by atomic mass is 16.7. The van der Waals surface area contributed by atoms with Gasteiger partial charge in [-0.05, 0) is 43.4 Å². The molecule has 0 aliphatic carbocycles. The number of carbonyl (C=O) groups is 2. The molecule has 3 heterocycles. The SMILES string of the molecule is C#C[C@@]1(CO)C=C[C@H](n2cc(C)c(=O)[nH]c2=O)O1.O=C1C=C[C@H](OC(=O)c2ccccc2)OC1. The Bertz CT molecular complexity index is 1270. The second kappa shape index (κ2) is 10.7. The van der Waals surface area contributed by atoms with Crippen LogP contribution in [0, 0.1) is 19.3 Å². The number of benzene rings is 1. The molecule has 0 amide bonds. The molecule has 0 saturated heterocycles. The second-order valence-electron chi connectivity index (χ2n) is 7.31. The maximum Gasteiger partial charge on any atom is 0.340 e. The van der Waals surface area contributed by atoms with Crippen molar-refractivity contribution in [3.05, 3.63) is 92.8 Å². The molecule has 4 rings (SSSR count). The molecule has 1 aromatic heterocycles. The van der Waals surface area contributed by atoms with Crippen LogP contribution in [0.1, 0.15) is 22.1 Å². The Balaban J connectivity index is 0.000000192. The van der Waals surface area contributed by atoms with Crippen molar-refractivity contribution >= 4 is 11.8 Å². The normalized spacial score (nSPS) is 23.0. The highest BCUT2D eigenvalue weighted by molar-refractivity contribution is 5.92. The Kier molecular flexibility index (Phi) is 7.75. The number of ether oxygens (including phenoxy) is 3. The van der Waals surface area contributed by atoms with Gasteiger partial charge in [-0.15, -0.1) is 6.42 Å². The number of hydrogen-bond donors (Lipinski definition) is 2. The van der Waals surface area contributed by atoms with Crippen molar-refractivity contribution in [3.63, 3.8) is 0 Å². The monoisotopic (exact) mass is 466 g/mol. The van der Waals surface area contributed by atoms with Gasteiger partial charge < -0.3 is 19.3 Å².